The van der Waals surface area contributed by atoms with E-state index in [0.29, 0.717) is 5.69 Å². The minimum Gasteiger partial charge on any atom is -0.497 e. The molecule has 0 saturated heterocycles. The highest BCUT2D eigenvalue weighted by molar-refractivity contribution is 9.10. The van der Waals surface area contributed by atoms with Gasteiger partial charge < -0.3 is 15.4 Å². The molecule has 2 N–H and O–H groups in total. The molecule has 0 saturated carbocycles. The number of carbonyl (C=O) groups is 2. The van der Waals surface area contributed by atoms with Crippen LogP contribution in [0, 0.1) is 6.92 Å². The van der Waals surface area contributed by atoms with E-state index in [-0.39, 0.29) is 6.54 Å². The van der Waals surface area contributed by atoms with Gasteiger partial charge in [-0.2, -0.15) is 0 Å². The van der Waals surface area contributed by atoms with Gasteiger partial charge in [0.05, 0.1) is 7.11 Å². The average molecular weight is 377 g/mol. The SMILES string of the molecule is COc1ccc(CNC(=O)C(=O)Nc2ccc(C)c(Br)c2)cc1. The Bertz CT molecular complexity index is 714. The molecule has 0 heterocycles. The van der Waals surface area contributed by atoms with E-state index in [1.807, 2.05) is 25.1 Å². The second-order valence-electron chi connectivity index (χ2n) is 4.95. The molecule has 5 nitrogen and oxygen atoms in total. The molecule has 0 aliphatic heterocycles. The van der Waals surface area contributed by atoms with E-state index >= 15 is 0 Å². The minimum atomic E-state index is -0.700. The number of aryl methyl sites for hydroxylation is 1. The Balaban J connectivity index is 1.89. The van der Waals surface area contributed by atoms with Crippen LogP contribution in [0.25, 0.3) is 0 Å². The van der Waals surface area contributed by atoms with Crippen LogP contribution in [-0.2, 0) is 16.1 Å². The van der Waals surface area contributed by atoms with E-state index in [1.165, 1.54) is 0 Å². The van der Waals surface area contributed by atoms with Crippen LogP contribution in [0.15, 0.2) is 46.9 Å². The number of anilines is 1. The van der Waals surface area contributed by atoms with Crippen LogP contribution in [0.5, 0.6) is 5.75 Å². The van der Waals surface area contributed by atoms with Crippen molar-refractivity contribution in [2.75, 3.05) is 12.4 Å². The Kier molecular flexibility index (Phi) is 5.76. The summed E-state index contributed by atoms with van der Waals surface area (Å²) in [4.78, 5) is 23.7. The molecule has 0 radical (unpaired) electrons. The fourth-order valence-electron chi connectivity index (χ4n) is 1.86. The molecule has 0 aliphatic rings. The molecule has 0 atom stereocenters. The Morgan fingerprint density at radius 3 is 2.39 bits per heavy atom. The number of nitrogens with one attached hydrogen (secondary N) is 2. The largest absolute Gasteiger partial charge is 0.497 e. The Labute approximate surface area is 143 Å². The maximum Gasteiger partial charge on any atom is 0.313 e. The monoisotopic (exact) mass is 376 g/mol. The van der Waals surface area contributed by atoms with Gasteiger partial charge in [-0.25, -0.2) is 0 Å². The van der Waals surface area contributed by atoms with E-state index in [4.69, 9.17) is 4.74 Å². The van der Waals surface area contributed by atoms with Gasteiger partial charge in [0.1, 0.15) is 5.75 Å². The third-order valence-corrected chi connectivity index (χ3v) is 4.10. The van der Waals surface area contributed by atoms with Gasteiger partial charge >= 0.3 is 11.8 Å². The van der Waals surface area contributed by atoms with Crippen molar-refractivity contribution < 1.29 is 14.3 Å². The lowest BCUT2D eigenvalue weighted by molar-refractivity contribution is -0.136. The first-order valence-corrected chi connectivity index (χ1v) is 7.77. The normalized spacial score (nSPS) is 10.0. The van der Waals surface area contributed by atoms with Crippen LogP contribution in [0.1, 0.15) is 11.1 Å². The molecule has 0 aromatic heterocycles. The molecule has 2 amide bonds. The lowest BCUT2D eigenvalue weighted by Gasteiger charge is -2.08. The number of hydrogen-bond acceptors (Lipinski definition) is 3. The van der Waals surface area contributed by atoms with Crippen molar-refractivity contribution in [2.24, 2.45) is 0 Å². The van der Waals surface area contributed by atoms with Gasteiger partial charge in [0, 0.05) is 16.7 Å². The zero-order valence-electron chi connectivity index (χ0n) is 12.9. The van der Waals surface area contributed by atoms with Crippen LogP contribution in [0.3, 0.4) is 0 Å². The number of hydrogen-bond donors (Lipinski definition) is 2. The predicted molar refractivity (Wildman–Crippen MR) is 92.3 cm³/mol. The standard InChI is InChI=1S/C17H17BrN2O3/c1-11-3-6-13(9-15(11)18)20-17(22)16(21)19-10-12-4-7-14(23-2)8-5-12/h3-9H,10H2,1-2H3,(H,19,21)(H,20,22). The van der Waals surface area contributed by atoms with Crippen LogP contribution in [0.2, 0.25) is 0 Å². The fourth-order valence-corrected chi connectivity index (χ4v) is 2.24. The summed E-state index contributed by atoms with van der Waals surface area (Å²) in [5, 5.41) is 5.14. The van der Waals surface area contributed by atoms with Gasteiger partial charge in [0.2, 0.25) is 0 Å². The number of rotatable bonds is 4. The van der Waals surface area contributed by atoms with E-state index in [1.54, 1.807) is 31.4 Å². The van der Waals surface area contributed by atoms with Crippen molar-refractivity contribution in [3.05, 3.63) is 58.1 Å². The van der Waals surface area contributed by atoms with E-state index < -0.39 is 11.8 Å². The van der Waals surface area contributed by atoms with Crippen molar-refractivity contribution in [3.63, 3.8) is 0 Å². The fraction of sp³-hybridized carbons (Fsp3) is 0.176. The molecule has 0 unspecified atom stereocenters. The number of methoxy groups -OCH3 is 1. The minimum absolute atomic E-state index is 0.272. The van der Waals surface area contributed by atoms with Gasteiger partial charge in [0.15, 0.2) is 0 Å². The zero-order chi connectivity index (χ0) is 16.8. The van der Waals surface area contributed by atoms with Crippen molar-refractivity contribution in [1.82, 2.24) is 5.32 Å². The summed E-state index contributed by atoms with van der Waals surface area (Å²) < 4.78 is 5.93. The van der Waals surface area contributed by atoms with Gasteiger partial charge in [-0.15, -0.1) is 0 Å². The smallest absolute Gasteiger partial charge is 0.313 e. The first kappa shape index (κ1) is 17.0. The molecule has 6 heteroatoms. The number of ether oxygens (including phenoxy) is 1. The summed E-state index contributed by atoms with van der Waals surface area (Å²) in [6.07, 6.45) is 0. The number of halogens is 1. The molecule has 0 fully saturated rings. The molecular weight excluding hydrogens is 360 g/mol. The van der Waals surface area contributed by atoms with Crippen LogP contribution in [0.4, 0.5) is 5.69 Å². The highest BCUT2D eigenvalue weighted by Crippen LogP contribution is 2.20. The highest BCUT2D eigenvalue weighted by Gasteiger charge is 2.13. The van der Waals surface area contributed by atoms with E-state index in [9.17, 15) is 9.59 Å². The molecular formula is C17H17BrN2O3. The summed E-state index contributed by atoms with van der Waals surface area (Å²) in [7, 11) is 1.59. The van der Waals surface area contributed by atoms with Crippen molar-refractivity contribution in [3.8, 4) is 5.75 Å². The maximum absolute atomic E-state index is 11.9. The third kappa shape index (κ3) is 4.82. The van der Waals surface area contributed by atoms with Crippen LogP contribution < -0.4 is 15.4 Å². The van der Waals surface area contributed by atoms with Crippen molar-refractivity contribution >= 4 is 33.4 Å². The molecule has 120 valence electrons. The second kappa shape index (κ2) is 7.78. The first-order valence-electron chi connectivity index (χ1n) is 6.98. The molecule has 2 aromatic carbocycles. The van der Waals surface area contributed by atoms with Gasteiger partial charge in [-0.3, -0.25) is 9.59 Å². The maximum atomic E-state index is 11.9. The topological polar surface area (TPSA) is 67.4 Å². The highest BCUT2D eigenvalue weighted by atomic mass is 79.9. The Hall–Kier alpha value is -2.34. The summed E-state index contributed by atoms with van der Waals surface area (Å²) in [6.45, 7) is 2.21. The van der Waals surface area contributed by atoms with Crippen molar-refractivity contribution in [1.29, 1.82) is 0 Å². The van der Waals surface area contributed by atoms with Gasteiger partial charge in [-0.05, 0) is 42.3 Å². The quantitative estimate of drug-likeness (QED) is 0.805. The van der Waals surface area contributed by atoms with Gasteiger partial charge in [0.25, 0.3) is 0 Å². The summed E-state index contributed by atoms with van der Waals surface area (Å²) in [5.74, 6) is -0.644. The number of carbonyl (C=O) groups excluding carboxylic acids is 2. The second-order valence-corrected chi connectivity index (χ2v) is 5.80. The molecule has 0 spiro atoms. The van der Waals surface area contributed by atoms with E-state index in [2.05, 4.69) is 26.6 Å². The lowest BCUT2D eigenvalue weighted by Crippen LogP contribution is -2.34. The van der Waals surface area contributed by atoms with Crippen LogP contribution >= 0.6 is 15.9 Å². The molecule has 2 aromatic rings. The molecule has 23 heavy (non-hydrogen) atoms. The zero-order valence-corrected chi connectivity index (χ0v) is 14.4. The lowest BCUT2D eigenvalue weighted by atomic mass is 10.2. The Morgan fingerprint density at radius 2 is 1.78 bits per heavy atom. The summed E-state index contributed by atoms with van der Waals surface area (Å²) >= 11 is 3.38. The molecule has 0 bridgehead atoms. The van der Waals surface area contributed by atoms with E-state index in [0.717, 1.165) is 21.3 Å². The number of amides is 2. The third-order valence-electron chi connectivity index (χ3n) is 3.25. The predicted octanol–water partition coefficient (Wildman–Crippen LogP) is 3.02. The molecule has 2 rings (SSSR count). The van der Waals surface area contributed by atoms with Crippen LogP contribution in [-0.4, -0.2) is 18.9 Å². The summed E-state index contributed by atoms with van der Waals surface area (Å²) in [6, 6.07) is 12.6. The first-order chi connectivity index (χ1) is 11.0. The average Bonchev–Trinajstić information content (AvgIpc) is 2.56. The molecule has 0 aliphatic carbocycles. The summed E-state index contributed by atoms with van der Waals surface area (Å²) in [5.41, 5.74) is 2.49. The van der Waals surface area contributed by atoms with Crippen molar-refractivity contribution in [2.45, 2.75) is 13.5 Å². The van der Waals surface area contributed by atoms with Gasteiger partial charge in [-0.1, -0.05) is 34.1 Å². The Morgan fingerprint density at radius 1 is 1.09 bits per heavy atom. The number of benzene rings is 2.